The monoisotopic (exact) mass is 184 g/mol. The third-order valence-electron chi connectivity index (χ3n) is 3.16. The Kier molecular flexibility index (Phi) is 3.78. The molecule has 1 nitrogen and oxygen atoms in total. The minimum absolute atomic E-state index is 0.539. The van der Waals surface area contributed by atoms with Gasteiger partial charge in [-0.3, -0.25) is 0 Å². The first-order valence-electron chi connectivity index (χ1n) is 5.79. The summed E-state index contributed by atoms with van der Waals surface area (Å²) in [6.45, 7) is 9.86. The number of likely N-dealkylation sites (tertiary alicyclic amines) is 1. The first-order valence-corrected chi connectivity index (χ1v) is 5.79. The van der Waals surface area contributed by atoms with Crippen LogP contribution in [0.5, 0.6) is 0 Å². The zero-order valence-corrected chi connectivity index (χ0v) is 9.82. The molecule has 1 heterocycles. The summed E-state index contributed by atoms with van der Waals surface area (Å²) >= 11 is 0. The van der Waals surface area contributed by atoms with Crippen LogP contribution in [0.3, 0.4) is 0 Å². The molecule has 1 aliphatic heterocycles. The van der Waals surface area contributed by atoms with Crippen LogP contribution in [0.2, 0.25) is 0 Å². The van der Waals surface area contributed by atoms with Crippen LogP contribution in [-0.4, -0.2) is 20.1 Å². The average molecular weight is 184 g/mol. The zero-order chi connectivity index (χ0) is 9.90. The standard InChI is InChI=1S/C12H25N/c1-12(2,3)8-5-6-11-7-9-13(4)10-11/h11H,5-10H2,1-4H3/p+1. The van der Waals surface area contributed by atoms with Crippen LogP contribution in [0.1, 0.15) is 46.5 Å². The molecule has 2 atom stereocenters. The van der Waals surface area contributed by atoms with Gasteiger partial charge in [-0.15, -0.1) is 0 Å². The second-order valence-corrected chi connectivity index (χ2v) is 6.02. The largest absolute Gasteiger partial charge is 0.337 e. The maximum atomic E-state index is 2.35. The predicted octanol–water partition coefficient (Wildman–Crippen LogP) is 1.74. The lowest BCUT2D eigenvalue weighted by molar-refractivity contribution is -0.867. The lowest BCUT2D eigenvalue weighted by Gasteiger charge is -2.18. The summed E-state index contributed by atoms with van der Waals surface area (Å²) in [4.78, 5) is 1.74. The van der Waals surface area contributed by atoms with Crippen LogP contribution in [0, 0.1) is 11.3 Å². The lowest BCUT2D eigenvalue weighted by Crippen LogP contribution is -3.07. The molecule has 0 bridgehead atoms. The zero-order valence-electron chi connectivity index (χ0n) is 9.82. The lowest BCUT2D eigenvalue weighted by atomic mass is 9.88. The summed E-state index contributed by atoms with van der Waals surface area (Å²) in [5.41, 5.74) is 0.539. The SMILES string of the molecule is C[NH+]1CCC(CCCC(C)(C)C)C1. The van der Waals surface area contributed by atoms with Gasteiger partial charge < -0.3 is 4.90 Å². The summed E-state index contributed by atoms with van der Waals surface area (Å²) in [5, 5.41) is 0. The molecule has 0 saturated carbocycles. The Morgan fingerprint density at radius 1 is 1.31 bits per heavy atom. The molecule has 1 N–H and O–H groups in total. The van der Waals surface area contributed by atoms with E-state index in [1.807, 2.05) is 0 Å². The Hall–Kier alpha value is -0.0400. The predicted molar refractivity (Wildman–Crippen MR) is 58.0 cm³/mol. The van der Waals surface area contributed by atoms with Crippen molar-refractivity contribution in [1.82, 2.24) is 0 Å². The Morgan fingerprint density at radius 2 is 2.00 bits per heavy atom. The Balaban J connectivity index is 2.07. The maximum absolute atomic E-state index is 2.35. The number of nitrogens with one attached hydrogen (secondary N) is 1. The number of rotatable bonds is 3. The van der Waals surface area contributed by atoms with Crippen molar-refractivity contribution >= 4 is 0 Å². The summed E-state index contributed by atoms with van der Waals surface area (Å²) < 4.78 is 0. The van der Waals surface area contributed by atoms with Crippen molar-refractivity contribution in [3.05, 3.63) is 0 Å². The Labute approximate surface area is 83.5 Å². The van der Waals surface area contributed by atoms with E-state index >= 15 is 0 Å². The van der Waals surface area contributed by atoms with Crippen molar-refractivity contribution in [3.63, 3.8) is 0 Å². The average Bonchev–Trinajstić information content (AvgIpc) is 2.33. The van der Waals surface area contributed by atoms with Crippen molar-refractivity contribution in [1.29, 1.82) is 0 Å². The minimum atomic E-state index is 0.539. The molecule has 78 valence electrons. The highest BCUT2D eigenvalue weighted by Gasteiger charge is 2.22. The Bertz CT molecular complexity index is 146. The van der Waals surface area contributed by atoms with E-state index < -0.39 is 0 Å². The van der Waals surface area contributed by atoms with Gasteiger partial charge in [-0.25, -0.2) is 0 Å². The molecule has 1 saturated heterocycles. The summed E-state index contributed by atoms with van der Waals surface area (Å²) in [7, 11) is 2.32. The quantitative estimate of drug-likeness (QED) is 0.681. The highest BCUT2D eigenvalue weighted by Crippen LogP contribution is 2.24. The van der Waals surface area contributed by atoms with E-state index in [1.54, 1.807) is 4.90 Å². The molecule has 0 aliphatic carbocycles. The van der Waals surface area contributed by atoms with Crippen molar-refractivity contribution in [3.8, 4) is 0 Å². The van der Waals surface area contributed by atoms with Crippen molar-refractivity contribution in [2.75, 3.05) is 20.1 Å². The smallest absolute Gasteiger partial charge is 0.0799 e. The molecule has 1 heteroatoms. The van der Waals surface area contributed by atoms with Crippen LogP contribution in [0.4, 0.5) is 0 Å². The molecule has 0 aromatic heterocycles. The van der Waals surface area contributed by atoms with E-state index in [-0.39, 0.29) is 0 Å². The summed E-state index contributed by atoms with van der Waals surface area (Å²) in [6.07, 6.45) is 5.76. The minimum Gasteiger partial charge on any atom is -0.337 e. The molecular weight excluding hydrogens is 158 g/mol. The highest BCUT2D eigenvalue weighted by molar-refractivity contribution is 4.66. The van der Waals surface area contributed by atoms with Gasteiger partial charge in [0.2, 0.25) is 0 Å². The van der Waals surface area contributed by atoms with Gasteiger partial charge in [-0.2, -0.15) is 0 Å². The maximum Gasteiger partial charge on any atom is 0.0799 e. The first kappa shape index (κ1) is 11.0. The molecule has 0 spiro atoms. The molecular formula is C12H26N+. The molecule has 1 rings (SSSR count). The van der Waals surface area contributed by atoms with Crippen LogP contribution in [-0.2, 0) is 0 Å². The van der Waals surface area contributed by atoms with E-state index in [2.05, 4.69) is 27.8 Å². The van der Waals surface area contributed by atoms with Crippen LogP contribution in [0.15, 0.2) is 0 Å². The van der Waals surface area contributed by atoms with Crippen LogP contribution in [0.25, 0.3) is 0 Å². The fourth-order valence-corrected chi connectivity index (χ4v) is 2.31. The van der Waals surface area contributed by atoms with E-state index in [0.717, 1.165) is 5.92 Å². The van der Waals surface area contributed by atoms with Crippen molar-refractivity contribution < 1.29 is 4.90 Å². The first-order chi connectivity index (χ1) is 5.97. The Morgan fingerprint density at radius 3 is 2.46 bits per heavy atom. The van der Waals surface area contributed by atoms with Crippen LogP contribution < -0.4 is 4.90 Å². The fraction of sp³-hybridized carbons (Fsp3) is 1.00. The van der Waals surface area contributed by atoms with Gasteiger partial charge in [-0.1, -0.05) is 27.2 Å². The third-order valence-corrected chi connectivity index (χ3v) is 3.16. The topological polar surface area (TPSA) is 4.44 Å². The molecule has 2 unspecified atom stereocenters. The van der Waals surface area contributed by atoms with Gasteiger partial charge in [0.15, 0.2) is 0 Å². The molecule has 1 aliphatic rings. The van der Waals surface area contributed by atoms with Crippen molar-refractivity contribution in [2.24, 2.45) is 11.3 Å². The normalized spacial score (nSPS) is 29.5. The van der Waals surface area contributed by atoms with E-state index in [4.69, 9.17) is 0 Å². The van der Waals surface area contributed by atoms with E-state index in [1.165, 1.54) is 38.8 Å². The highest BCUT2D eigenvalue weighted by atomic mass is 15.1. The number of hydrogen-bond acceptors (Lipinski definition) is 0. The molecule has 0 amide bonds. The van der Waals surface area contributed by atoms with Gasteiger partial charge in [0.05, 0.1) is 20.1 Å². The van der Waals surface area contributed by atoms with Gasteiger partial charge >= 0.3 is 0 Å². The third kappa shape index (κ3) is 4.66. The summed E-state index contributed by atoms with van der Waals surface area (Å²) in [5.74, 6) is 1.03. The fourth-order valence-electron chi connectivity index (χ4n) is 2.31. The van der Waals surface area contributed by atoms with Gasteiger partial charge in [0.1, 0.15) is 0 Å². The van der Waals surface area contributed by atoms with Gasteiger partial charge in [0.25, 0.3) is 0 Å². The second kappa shape index (κ2) is 4.45. The van der Waals surface area contributed by atoms with Crippen LogP contribution >= 0.6 is 0 Å². The number of quaternary nitrogens is 1. The van der Waals surface area contributed by atoms with E-state index in [0.29, 0.717) is 5.41 Å². The molecule has 13 heavy (non-hydrogen) atoms. The molecule has 1 fully saturated rings. The second-order valence-electron chi connectivity index (χ2n) is 6.02. The van der Waals surface area contributed by atoms with Crippen molar-refractivity contribution in [2.45, 2.75) is 46.5 Å². The number of hydrogen-bond donors (Lipinski definition) is 1. The van der Waals surface area contributed by atoms with Gasteiger partial charge in [0, 0.05) is 12.3 Å². The summed E-state index contributed by atoms with van der Waals surface area (Å²) in [6, 6.07) is 0. The molecule has 0 aromatic rings. The van der Waals surface area contributed by atoms with Gasteiger partial charge in [-0.05, 0) is 18.3 Å². The molecule has 0 aromatic carbocycles. The molecule has 0 radical (unpaired) electrons. The van der Waals surface area contributed by atoms with E-state index in [9.17, 15) is 0 Å².